The highest BCUT2D eigenvalue weighted by molar-refractivity contribution is 6.35. The Morgan fingerprint density at radius 1 is 1.14 bits per heavy atom. The van der Waals surface area contributed by atoms with Gasteiger partial charge in [-0.05, 0) is 87.4 Å². The fourth-order valence-corrected chi connectivity index (χ4v) is 4.02. The molecular weight excluding hydrogens is 403 g/mol. The third kappa shape index (κ3) is 4.46. The topological polar surface area (TPSA) is 58.6 Å². The number of nitrogens with two attached hydrogens (primary N) is 1. The fraction of sp³-hybridized carbons (Fsp3) is 0.375. The molecule has 0 radical (unpaired) electrons. The molecule has 0 saturated heterocycles. The van der Waals surface area contributed by atoms with Crippen molar-refractivity contribution in [3.05, 3.63) is 63.2 Å². The summed E-state index contributed by atoms with van der Waals surface area (Å²) in [5.41, 5.74) is 10.6. The van der Waals surface area contributed by atoms with E-state index in [1.165, 1.54) is 5.57 Å². The summed E-state index contributed by atoms with van der Waals surface area (Å²) in [5.74, 6) is 1.16. The lowest BCUT2D eigenvalue weighted by molar-refractivity contribution is 0.428. The van der Waals surface area contributed by atoms with Crippen LogP contribution in [0.15, 0.2) is 52.5 Å². The molecule has 1 unspecified atom stereocenters. The first kappa shape index (κ1) is 21.7. The maximum atomic E-state index is 10.5. The molecule has 3 rings (SSSR count). The van der Waals surface area contributed by atoms with E-state index in [-0.39, 0.29) is 5.75 Å². The van der Waals surface area contributed by atoms with E-state index < -0.39 is 5.54 Å². The second-order valence-electron chi connectivity index (χ2n) is 8.03. The van der Waals surface area contributed by atoms with Crippen molar-refractivity contribution in [1.82, 2.24) is 0 Å². The summed E-state index contributed by atoms with van der Waals surface area (Å²) >= 11 is 12.6. The number of allylic oxidation sites excluding steroid dienone is 1. The molecule has 1 aliphatic rings. The Hall–Kier alpha value is -1.97. The van der Waals surface area contributed by atoms with Gasteiger partial charge in [-0.25, -0.2) is 0 Å². The van der Waals surface area contributed by atoms with Crippen molar-refractivity contribution in [1.29, 1.82) is 0 Å². The number of benzene rings is 2. The second kappa shape index (κ2) is 8.41. The summed E-state index contributed by atoms with van der Waals surface area (Å²) < 4.78 is 0. The number of halogens is 2. The van der Waals surface area contributed by atoms with Gasteiger partial charge < -0.3 is 10.8 Å². The lowest BCUT2D eigenvalue weighted by atomic mass is 9.85. The Balaban J connectivity index is 2.13. The van der Waals surface area contributed by atoms with Crippen molar-refractivity contribution in [3.63, 3.8) is 0 Å². The molecule has 29 heavy (non-hydrogen) atoms. The zero-order valence-electron chi connectivity index (χ0n) is 17.4. The normalized spacial score (nSPS) is 17.7. The number of aliphatic imine (C=N–C) groups is 1. The smallest absolute Gasteiger partial charge is 0.123 e. The molecule has 2 aromatic carbocycles. The van der Waals surface area contributed by atoms with Crippen LogP contribution in [0.1, 0.15) is 52.5 Å². The summed E-state index contributed by atoms with van der Waals surface area (Å²) in [4.78, 5) is 5.01. The van der Waals surface area contributed by atoms with Crippen LogP contribution >= 0.6 is 23.2 Å². The number of nitrogens with zero attached hydrogens (tertiary/aromatic N) is 1. The van der Waals surface area contributed by atoms with E-state index in [9.17, 15) is 5.11 Å². The van der Waals surface area contributed by atoms with Crippen LogP contribution in [0.4, 0.5) is 0 Å². The van der Waals surface area contributed by atoms with Gasteiger partial charge >= 0.3 is 0 Å². The minimum absolute atomic E-state index is 0.158. The maximum absolute atomic E-state index is 10.5. The second-order valence-corrected chi connectivity index (χ2v) is 8.88. The highest BCUT2D eigenvalue weighted by Gasteiger charge is 2.43. The number of phenols is 1. The average molecular weight is 431 g/mol. The first-order chi connectivity index (χ1) is 13.7. The van der Waals surface area contributed by atoms with Gasteiger partial charge in [-0.3, -0.25) is 4.99 Å². The predicted molar refractivity (Wildman–Crippen MR) is 124 cm³/mol. The quantitative estimate of drug-likeness (QED) is 0.379. The molecular formula is C24H28Cl2N2O. The molecule has 0 bridgehead atoms. The van der Waals surface area contributed by atoms with Gasteiger partial charge in [0.2, 0.25) is 0 Å². The molecule has 5 heteroatoms. The van der Waals surface area contributed by atoms with Crippen LogP contribution in [0, 0.1) is 5.92 Å². The number of phenolic OH excluding ortho intramolecular Hbond substituents is 1. The Bertz CT molecular complexity index is 992. The Labute approximate surface area is 183 Å². The predicted octanol–water partition coefficient (Wildman–Crippen LogP) is 7.09. The lowest BCUT2D eigenvalue weighted by Crippen LogP contribution is -2.28. The Morgan fingerprint density at radius 2 is 1.83 bits per heavy atom. The highest BCUT2D eigenvalue weighted by atomic mass is 35.5. The van der Waals surface area contributed by atoms with Crippen molar-refractivity contribution in [3.8, 4) is 16.9 Å². The van der Waals surface area contributed by atoms with Crippen molar-refractivity contribution in [2.45, 2.75) is 52.5 Å². The van der Waals surface area contributed by atoms with Crippen LogP contribution in [0.2, 0.25) is 10.0 Å². The van der Waals surface area contributed by atoms with Gasteiger partial charge in [-0.15, -0.1) is 0 Å². The molecule has 0 aromatic heterocycles. The molecule has 1 saturated carbocycles. The average Bonchev–Trinajstić information content (AvgIpc) is 3.54. The van der Waals surface area contributed by atoms with Gasteiger partial charge in [0.1, 0.15) is 11.6 Å². The molecule has 3 nitrogen and oxygen atoms in total. The van der Waals surface area contributed by atoms with Crippen molar-refractivity contribution in [2.75, 3.05) is 0 Å². The van der Waals surface area contributed by atoms with Gasteiger partial charge in [-0.1, -0.05) is 41.8 Å². The van der Waals surface area contributed by atoms with Gasteiger partial charge in [0.25, 0.3) is 0 Å². The van der Waals surface area contributed by atoms with Crippen molar-refractivity contribution >= 4 is 29.0 Å². The van der Waals surface area contributed by atoms with Crippen LogP contribution in [0.5, 0.6) is 5.75 Å². The van der Waals surface area contributed by atoms with E-state index in [0.29, 0.717) is 32.9 Å². The summed E-state index contributed by atoms with van der Waals surface area (Å²) in [6, 6.07) is 10.8. The van der Waals surface area contributed by atoms with E-state index in [2.05, 4.69) is 20.8 Å². The third-order valence-corrected chi connectivity index (χ3v) is 6.64. The van der Waals surface area contributed by atoms with Crippen LogP contribution in [-0.4, -0.2) is 10.9 Å². The Morgan fingerprint density at radius 3 is 2.45 bits per heavy atom. The largest absolute Gasteiger partial charge is 0.507 e. The Kier molecular flexibility index (Phi) is 6.30. The zero-order valence-corrected chi connectivity index (χ0v) is 18.9. The maximum Gasteiger partial charge on any atom is 0.123 e. The monoisotopic (exact) mass is 430 g/mol. The molecule has 0 aliphatic heterocycles. The van der Waals surface area contributed by atoms with Gasteiger partial charge in [0.15, 0.2) is 0 Å². The molecule has 154 valence electrons. The number of hydrogen-bond acceptors (Lipinski definition) is 2. The standard InChI is InChI=1S/C24H28Cl2N2O/c1-5-14(2)15(3)23(27)28-24(4,16-6-7-16)17-8-11-22(29)20(12-17)19-13-18(25)9-10-21(19)26/h8-13,16,29H,5-7H2,1-4H3,(H2,27,28). The van der Waals surface area contributed by atoms with Crippen LogP contribution in [0.25, 0.3) is 11.1 Å². The van der Waals surface area contributed by atoms with E-state index in [1.54, 1.807) is 24.3 Å². The lowest BCUT2D eigenvalue weighted by Gasteiger charge is -2.28. The van der Waals surface area contributed by atoms with E-state index in [4.69, 9.17) is 33.9 Å². The zero-order chi connectivity index (χ0) is 21.3. The molecule has 1 fully saturated rings. The molecule has 3 N–H and O–H groups in total. The highest BCUT2D eigenvalue weighted by Crippen LogP contribution is 2.50. The SMILES string of the molecule is CCC(C)=C(C)C(N)=NC(C)(c1ccc(O)c(-c2cc(Cl)ccc2Cl)c1)C1CC1. The first-order valence-electron chi connectivity index (χ1n) is 9.98. The molecule has 2 aromatic rings. The summed E-state index contributed by atoms with van der Waals surface area (Å²) in [6.45, 7) is 8.36. The molecule has 1 aliphatic carbocycles. The molecule has 0 heterocycles. The molecule has 1 atom stereocenters. The molecule has 0 amide bonds. The van der Waals surface area contributed by atoms with Crippen LogP contribution in [-0.2, 0) is 5.54 Å². The summed E-state index contributed by atoms with van der Waals surface area (Å²) in [6.07, 6.45) is 3.16. The van der Waals surface area contributed by atoms with Crippen molar-refractivity contribution in [2.24, 2.45) is 16.6 Å². The first-order valence-corrected chi connectivity index (χ1v) is 10.7. The minimum Gasteiger partial charge on any atom is -0.507 e. The van der Waals surface area contributed by atoms with Gasteiger partial charge in [0, 0.05) is 21.2 Å². The van der Waals surface area contributed by atoms with Crippen LogP contribution < -0.4 is 5.73 Å². The fourth-order valence-electron chi connectivity index (χ4n) is 3.63. The van der Waals surface area contributed by atoms with E-state index in [0.717, 1.165) is 30.4 Å². The van der Waals surface area contributed by atoms with Gasteiger partial charge in [-0.2, -0.15) is 0 Å². The van der Waals surface area contributed by atoms with Gasteiger partial charge in [0.05, 0.1) is 5.54 Å². The van der Waals surface area contributed by atoms with E-state index >= 15 is 0 Å². The number of amidine groups is 1. The van der Waals surface area contributed by atoms with E-state index in [1.807, 2.05) is 19.1 Å². The number of hydrogen-bond donors (Lipinski definition) is 2. The minimum atomic E-state index is -0.465. The number of aromatic hydroxyl groups is 1. The van der Waals surface area contributed by atoms with Crippen LogP contribution in [0.3, 0.4) is 0 Å². The molecule has 0 spiro atoms. The van der Waals surface area contributed by atoms with Crippen molar-refractivity contribution < 1.29 is 5.11 Å². The summed E-state index contributed by atoms with van der Waals surface area (Å²) in [5, 5.41) is 11.6. The summed E-state index contributed by atoms with van der Waals surface area (Å²) in [7, 11) is 0. The third-order valence-electron chi connectivity index (χ3n) is 6.08. The number of rotatable bonds is 6.